The number of nitrogens with two attached hydrogens (primary N) is 1. The molecule has 0 saturated carbocycles. The standard InChI is InChI=1S/C13H24N2O2S/c1-3-11(14)13(12-5-4-10-18-12)15(6-8-16)7-9-17-2/h4-5,10-11,13,16H,3,6-9,14H2,1-2H3. The fourth-order valence-corrected chi connectivity index (χ4v) is 3.01. The molecule has 0 aromatic carbocycles. The number of aliphatic hydroxyl groups excluding tert-OH is 1. The average molecular weight is 272 g/mol. The second-order valence-electron chi connectivity index (χ2n) is 4.28. The summed E-state index contributed by atoms with van der Waals surface area (Å²) in [6, 6.07) is 4.40. The molecule has 3 N–H and O–H groups in total. The molecule has 4 nitrogen and oxygen atoms in total. The Labute approximate surface area is 113 Å². The van der Waals surface area contributed by atoms with Crippen LogP contribution in [0.15, 0.2) is 17.5 Å². The van der Waals surface area contributed by atoms with Gasteiger partial charge in [0.25, 0.3) is 0 Å². The lowest BCUT2D eigenvalue weighted by Crippen LogP contribution is -2.43. The van der Waals surface area contributed by atoms with Crippen molar-refractivity contribution in [2.45, 2.75) is 25.4 Å². The minimum atomic E-state index is 0.0760. The summed E-state index contributed by atoms with van der Waals surface area (Å²) in [5.41, 5.74) is 6.25. The van der Waals surface area contributed by atoms with Gasteiger partial charge in [0.1, 0.15) is 0 Å². The summed E-state index contributed by atoms with van der Waals surface area (Å²) >= 11 is 1.72. The van der Waals surface area contributed by atoms with Crippen molar-refractivity contribution in [2.75, 3.05) is 33.4 Å². The van der Waals surface area contributed by atoms with Crippen molar-refractivity contribution in [1.29, 1.82) is 0 Å². The van der Waals surface area contributed by atoms with Gasteiger partial charge in [0.15, 0.2) is 0 Å². The first kappa shape index (κ1) is 15.6. The van der Waals surface area contributed by atoms with Crippen molar-refractivity contribution in [2.24, 2.45) is 5.73 Å². The molecular weight excluding hydrogens is 248 g/mol. The van der Waals surface area contributed by atoms with Crippen LogP contribution in [0.3, 0.4) is 0 Å². The maximum atomic E-state index is 9.22. The topological polar surface area (TPSA) is 58.7 Å². The molecule has 0 saturated heterocycles. The molecule has 104 valence electrons. The fraction of sp³-hybridized carbons (Fsp3) is 0.692. The Bertz CT molecular complexity index is 306. The van der Waals surface area contributed by atoms with Crippen LogP contribution in [-0.4, -0.2) is 49.5 Å². The summed E-state index contributed by atoms with van der Waals surface area (Å²) in [6.45, 7) is 4.30. The van der Waals surface area contributed by atoms with E-state index < -0.39 is 0 Å². The van der Waals surface area contributed by atoms with Gasteiger partial charge in [-0.15, -0.1) is 11.3 Å². The van der Waals surface area contributed by atoms with E-state index in [9.17, 15) is 5.11 Å². The molecule has 0 amide bonds. The molecule has 1 aromatic rings. The zero-order chi connectivity index (χ0) is 13.4. The quantitative estimate of drug-likeness (QED) is 0.714. The number of methoxy groups -OCH3 is 1. The van der Waals surface area contributed by atoms with Crippen molar-refractivity contribution in [3.8, 4) is 0 Å². The van der Waals surface area contributed by atoms with Gasteiger partial charge in [-0.2, -0.15) is 0 Å². The molecule has 1 aromatic heterocycles. The van der Waals surface area contributed by atoms with E-state index in [1.165, 1.54) is 4.88 Å². The summed E-state index contributed by atoms with van der Waals surface area (Å²) in [4.78, 5) is 3.47. The minimum Gasteiger partial charge on any atom is -0.395 e. The Morgan fingerprint density at radius 1 is 1.50 bits per heavy atom. The van der Waals surface area contributed by atoms with Gasteiger partial charge in [0.2, 0.25) is 0 Å². The van der Waals surface area contributed by atoms with Crippen molar-refractivity contribution in [1.82, 2.24) is 4.90 Å². The molecule has 0 aliphatic carbocycles. The number of hydrogen-bond donors (Lipinski definition) is 2. The van der Waals surface area contributed by atoms with E-state index in [0.717, 1.165) is 13.0 Å². The molecule has 0 fully saturated rings. The highest BCUT2D eigenvalue weighted by Gasteiger charge is 2.25. The van der Waals surface area contributed by atoms with Gasteiger partial charge in [-0.3, -0.25) is 4.90 Å². The van der Waals surface area contributed by atoms with Crippen LogP contribution in [0.5, 0.6) is 0 Å². The van der Waals surface area contributed by atoms with Crippen LogP contribution in [0.1, 0.15) is 24.3 Å². The van der Waals surface area contributed by atoms with E-state index in [-0.39, 0.29) is 18.7 Å². The SMILES string of the molecule is CCC(N)C(c1cccs1)N(CCO)CCOC. The van der Waals surface area contributed by atoms with Gasteiger partial charge < -0.3 is 15.6 Å². The van der Waals surface area contributed by atoms with E-state index in [2.05, 4.69) is 23.3 Å². The predicted octanol–water partition coefficient (Wildman–Crippen LogP) is 1.47. The Hall–Kier alpha value is -0.460. The Kier molecular flexibility index (Phi) is 7.46. The predicted molar refractivity (Wildman–Crippen MR) is 75.9 cm³/mol. The van der Waals surface area contributed by atoms with Crippen LogP contribution >= 0.6 is 11.3 Å². The third kappa shape index (κ3) is 4.33. The maximum absolute atomic E-state index is 9.22. The summed E-state index contributed by atoms with van der Waals surface area (Å²) in [5.74, 6) is 0. The third-order valence-electron chi connectivity index (χ3n) is 3.07. The largest absolute Gasteiger partial charge is 0.395 e. The normalized spacial score (nSPS) is 14.9. The lowest BCUT2D eigenvalue weighted by Gasteiger charge is -2.34. The molecular formula is C13H24N2O2S. The first-order chi connectivity index (χ1) is 8.74. The lowest BCUT2D eigenvalue weighted by atomic mass is 10.0. The van der Waals surface area contributed by atoms with Crippen LogP contribution in [0, 0.1) is 0 Å². The summed E-state index contributed by atoms with van der Waals surface area (Å²) < 4.78 is 5.14. The number of nitrogens with zero attached hydrogens (tertiary/aromatic N) is 1. The molecule has 0 aliphatic rings. The van der Waals surface area contributed by atoms with Crippen molar-refractivity contribution >= 4 is 11.3 Å². The van der Waals surface area contributed by atoms with Crippen LogP contribution < -0.4 is 5.73 Å². The van der Waals surface area contributed by atoms with Gasteiger partial charge in [-0.05, 0) is 17.9 Å². The van der Waals surface area contributed by atoms with Gasteiger partial charge in [-0.25, -0.2) is 0 Å². The zero-order valence-electron chi connectivity index (χ0n) is 11.2. The lowest BCUT2D eigenvalue weighted by molar-refractivity contribution is 0.0912. The Morgan fingerprint density at radius 3 is 2.78 bits per heavy atom. The van der Waals surface area contributed by atoms with Crippen molar-refractivity contribution in [3.05, 3.63) is 22.4 Å². The maximum Gasteiger partial charge on any atom is 0.0594 e. The number of rotatable bonds is 9. The van der Waals surface area contributed by atoms with Crippen LogP contribution in [0.25, 0.3) is 0 Å². The second-order valence-corrected chi connectivity index (χ2v) is 5.26. The monoisotopic (exact) mass is 272 g/mol. The molecule has 2 atom stereocenters. The Morgan fingerprint density at radius 2 is 2.28 bits per heavy atom. The van der Waals surface area contributed by atoms with Crippen LogP contribution in [0.4, 0.5) is 0 Å². The van der Waals surface area contributed by atoms with Gasteiger partial charge in [0, 0.05) is 31.1 Å². The van der Waals surface area contributed by atoms with Crippen molar-refractivity contribution < 1.29 is 9.84 Å². The van der Waals surface area contributed by atoms with Crippen molar-refractivity contribution in [3.63, 3.8) is 0 Å². The highest BCUT2D eigenvalue weighted by atomic mass is 32.1. The number of thiophene rings is 1. The summed E-state index contributed by atoms with van der Waals surface area (Å²) in [6.07, 6.45) is 0.914. The molecule has 0 bridgehead atoms. The molecule has 0 aliphatic heterocycles. The molecule has 0 radical (unpaired) electrons. The number of ether oxygens (including phenoxy) is 1. The Balaban J connectivity index is 2.83. The summed E-state index contributed by atoms with van der Waals surface area (Å²) in [5, 5.41) is 11.3. The zero-order valence-corrected chi connectivity index (χ0v) is 12.0. The molecule has 18 heavy (non-hydrogen) atoms. The smallest absolute Gasteiger partial charge is 0.0594 e. The molecule has 1 rings (SSSR count). The first-order valence-corrected chi connectivity index (χ1v) is 7.25. The molecule has 2 unspecified atom stereocenters. The summed E-state index contributed by atoms with van der Waals surface area (Å²) in [7, 11) is 1.69. The van der Waals surface area contributed by atoms with E-state index >= 15 is 0 Å². The average Bonchev–Trinajstić information content (AvgIpc) is 2.89. The van der Waals surface area contributed by atoms with Gasteiger partial charge >= 0.3 is 0 Å². The number of aliphatic hydroxyl groups is 1. The van der Waals surface area contributed by atoms with E-state index in [0.29, 0.717) is 13.2 Å². The van der Waals surface area contributed by atoms with E-state index in [4.69, 9.17) is 10.5 Å². The minimum absolute atomic E-state index is 0.0760. The van der Waals surface area contributed by atoms with Gasteiger partial charge in [0.05, 0.1) is 19.3 Å². The highest BCUT2D eigenvalue weighted by molar-refractivity contribution is 7.10. The number of hydrogen-bond acceptors (Lipinski definition) is 5. The molecule has 0 spiro atoms. The van der Waals surface area contributed by atoms with Crippen LogP contribution in [0.2, 0.25) is 0 Å². The first-order valence-electron chi connectivity index (χ1n) is 6.37. The molecule has 1 heterocycles. The van der Waals surface area contributed by atoms with E-state index in [1.54, 1.807) is 18.4 Å². The fourth-order valence-electron chi connectivity index (χ4n) is 2.07. The third-order valence-corrected chi connectivity index (χ3v) is 4.02. The van der Waals surface area contributed by atoms with Crippen LogP contribution in [-0.2, 0) is 4.74 Å². The second kappa shape index (κ2) is 8.61. The molecule has 5 heteroatoms. The van der Waals surface area contributed by atoms with E-state index in [1.807, 2.05) is 6.07 Å². The van der Waals surface area contributed by atoms with Gasteiger partial charge in [-0.1, -0.05) is 13.0 Å². The highest BCUT2D eigenvalue weighted by Crippen LogP contribution is 2.28.